The molecular weight excluding hydrogens is 148 g/mol. The van der Waals surface area contributed by atoms with Gasteiger partial charge in [-0.15, -0.1) is 0 Å². The summed E-state index contributed by atoms with van der Waals surface area (Å²) in [4.78, 5) is 0. The van der Waals surface area contributed by atoms with Gasteiger partial charge in [0, 0.05) is 0 Å². The Hall–Kier alpha value is -0.0275. The van der Waals surface area contributed by atoms with Crippen LogP contribution in [0.2, 0.25) is 0 Å². The van der Waals surface area contributed by atoms with Crippen molar-refractivity contribution in [1.29, 1.82) is 0 Å². The van der Waals surface area contributed by atoms with Crippen LogP contribution in [0.3, 0.4) is 0 Å². The van der Waals surface area contributed by atoms with Gasteiger partial charge in [-0.05, 0) is 0 Å². The molecule has 0 spiro atoms. The first-order chi connectivity index (χ1) is 2.00. The third-order valence-corrected chi connectivity index (χ3v) is 0. The van der Waals surface area contributed by atoms with Gasteiger partial charge in [-0.25, -0.2) is 0 Å². The zero-order chi connectivity index (χ0) is 4.50. The van der Waals surface area contributed by atoms with E-state index in [9.17, 15) is 0 Å². The second-order valence-corrected chi connectivity index (χ2v) is 1.85. The molecule has 0 unspecified atom stereocenters. The van der Waals surface area contributed by atoms with Gasteiger partial charge in [0.25, 0.3) is 0 Å². The summed E-state index contributed by atoms with van der Waals surface area (Å²) in [5.41, 5.74) is 0. The van der Waals surface area contributed by atoms with E-state index in [0.717, 1.165) is 0 Å². The second kappa shape index (κ2) is 4.14. The van der Waals surface area contributed by atoms with E-state index in [1.165, 1.54) is 0 Å². The molecule has 0 fully saturated rings. The summed E-state index contributed by atoms with van der Waals surface area (Å²) in [5.74, 6) is 0. The van der Waals surface area contributed by atoms with Crippen molar-refractivity contribution in [3.8, 4) is 0 Å². The van der Waals surface area contributed by atoms with E-state index in [-0.39, 0.29) is 11.0 Å². The van der Waals surface area contributed by atoms with Crippen LogP contribution in [0.4, 0.5) is 0 Å². The summed E-state index contributed by atoms with van der Waals surface area (Å²) in [7, 11) is 0. The van der Waals surface area contributed by atoms with Crippen molar-refractivity contribution in [2.24, 2.45) is 0 Å². The average molecular weight is 154 g/mol. The van der Waals surface area contributed by atoms with Gasteiger partial charge in [-0.1, -0.05) is 0 Å². The molecule has 0 rings (SSSR count). The summed E-state index contributed by atoms with van der Waals surface area (Å²) in [6.07, 6.45) is 0. The van der Waals surface area contributed by atoms with Crippen LogP contribution < -0.4 is 0 Å². The first kappa shape index (κ1) is 15.8. The molecular formula is H6CrO6. The Kier molecular flexibility index (Phi) is 9.32. The van der Waals surface area contributed by atoms with Crippen LogP contribution in [0.5, 0.6) is 0 Å². The third-order valence-electron chi connectivity index (χ3n) is 0. The fourth-order valence-electron chi connectivity index (χ4n) is 0. The fraction of sp³-hybridized carbons (Fsp3) is 0. The fourth-order valence-corrected chi connectivity index (χ4v) is 0. The predicted molar refractivity (Wildman–Crippen MR) is 13.0 cm³/mol. The van der Waals surface area contributed by atoms with Crippen LogP contribution in [-0.2, 0) is 21.2 Å². The molecule has 0 aliphatic heterocycles. The molecule has 0 atom stereocenters. The Morgan fingerprint density at radius 3 is 1.00 bits per heavy atom. The van der Waals surface area contributed by atoms with Gasteiger partial charge in [0.15, 0.2) is 0 Å². The number of rotatable bonds is 0. The Morgan fingerprint density at radius 2 is 1.00 bits per heavy atom. The summed E-state index contributed by atoms with van der Waals surface area (Å²) < 4.78 is 31.9. The monoisotopic (exact) mass is 154 g/mol. The molecule has 7 heteroatoms. The average Bonchev–Trinajstić information content (AvgIpc) is 0.722. The van der Waals surface area contributed by atoms with E-state index < -0.39 is 13.6 Å². The van der Waals surface area contributed by atoms with E-state index in [1.807, 2.05) is 0 Å². The first-order valence-electron chi connectivity index (χ1n) is 0.698. The van der Waals surface area contributed by atoms with Crippen molar-refractivity contribution in [1.82, 2.24) is 0 Å². The van der Waals surface area contributed by atoms with Crippen LogP contribution in [0.1, 0.15) is 0 Å². The molecule has 48 valence electrons. The van der Waals surface area contributed by atoms with Crippen LogP contribution in [0.25, 0.3) is 0 Å². The zero-order valence-electron chi connectivity index (χ0n) is 3.12. The predicted octanol–water partition coefficient (Wildman–Crippen LogP) is -3.00. The maximum absolute atomic E-state index is 8.82. The van der Waals surface area contributed by atoms with E-state index in [1.54, 1.807) is 0 Å². The third kappa shape index (κ3) is 124000. The van der Waals surface area contributed by atoms with E-state index in [0.29, 0.717) is 0 Å². The molecule has 0 aromatic carbocycles. The van der Waals surface area contributed by atoms with Crippen molar-refractivity contribution in [2.45, 2.75) is 0 Å². The zero-order valence-corrected chi connectivity index (χ0v) is 4.39. The molecule has 0 aliphatic carbocycles. The van der Waals surface area contributed by atoms with Gasteiger partial charge in [0.1, 0.15) is 0 Å². The Labute approximate surface area is 41.4 Å². The van der Waals surface area contributed by atoms with E-state index in [4.69, 9.17) is 15.9 Å². The summed E-state index contributed by atoms with van der Waals surface area (Å²) in [6, 6.07) is 0. The number of hydrogen-bond donors (Lipinski definition) is 2. The number of hydrogen-bond acceptors (Lipinski definition) is 2. The summed E-state index contributed by atoms with van der Waals surface area (Å²) >= 11 is -5.25. The molecule has 0 saturated carbocycles. The van der Waals surface area contributed by atoms with Crippen molar-refractivity contribution < 1.29 is 40.5 Å². The van der Waals surface area contributed by atoms with Crippen molar-refractivity contribution in [2.75, 3.05) is 0 Å². The van der Waals surface area contributed by atoms with Crippen molar-refractivity contribution in [3.05, 3.63) is 0 Å². The quantitative estimate of drug-likeness (QED) is 0.383. The molecule has 0 aromatic heterocycles. The summed E-state index contributed by atoms with van der Waals surface area (Å²) in [6.45, 7) is 0. The second-order valence-electron chi connectivity index (χ2n) is 0.448. The molecule has 6 nitrogen and oxygen atoms in total. The topological polar surface area (TPSA) is 138 Å². The normalized spacial score (nSPS) is 8.29. The first-order valence-corrected chi connectivity index (χ1v) is 2.88. The molecule has 7 heavy (non-hydrogen) atoms. The van der Waals surface area contributed by atoms with Gasteiger partial charge in [-0.3, -0.25) is 0 Å². The van der Waals surface area contributed by atoms with Gasteiger partial charge < -0.3 is 11.0 Å². The molecule has 0 aliphatic rings. The minimum absolute atomic E-state index is 0. The van der Waals surface area contributed by atoms with Crippen LogP contribution >= 0.6 is 0 Å². The summed E-state index contributed by atoms with van der Waals surface area (Å²) in [5, 5.41) is 0. The SMILES string of the molecule is O.O.[O]=[Cr](=[O])([OH])[OH]. The maximum atomic E-state index is 8.82. The standard InChI is InChI=1S/Cr.4H2O.2O/h;4*1H2;;/q+2;;;;;;/p-2. The van der Waals surface area contributed by atoms with Crippen LogP contribution in [0, 0.1) is 0 Å². The molecule has 0 heterocycles. The Bertz CT molecular complexity index is 87.3. The molecule has 0 amide bonds. The van der Waals surface area contributed by atoms with Gasteiger partial charge >= 0.3 is 29.5 Å². The van der Waals surface area contributed by atoms with E-state index in [2.05, 4.69) is 0 Å². The van der Waals surface area contributed by atoms with Gasteiger partial charge in [0.05, 0.1) is 0 Å². The van der Waals surface area contributed by atoms with Crippen molar-refractivity contribution >= 4 is 0 Å². The van der Waals surface area contributed by atoms with E-state index >= 15 is 0 Å². The molecule has 0 radical (unpaired) electrons. The van der Waals surface area contributed by atoms with Crippen LogP contribution in [-0.4, -0.2) is 19.3 Å². The molecule has 0 aromatic rings. The molecule has 0 saturated heterocycles. The van der Waals surface area contributed by atoms with Gasteiger partial charge in [0.2, 0.25) is 0 Å². The minimum atomic E-state index is -5.25. The van der Waals surface area contributed by atoms with Crippen molar-refractivity contribution in [3.63, 3.8) is 0 Å². The molecule has 0 bridgehead atoms. The Morgan fingerprint density at radius 1 is 1.00 bits per heavy atom. The van der Waals surface area contributed by atoms with Gasteiger partial charge in [-0.2, -0.15) is 0 Å². The Balaban J connectivity index is -0.0000000800. The molecule has 6 N–H and O–H groups in total. The van der Waals surface area contributed by atoms with Crippen LogP contribution in [0.15, 0.2) is 0 Å².